The molecular formula is C16H21F5O2. The molecule has 0 spiro atoms. The van der Waals surface area contributed by atoms with Crippen molar-refractivity contribution in [1.29, 1.82) is 0 Å². The van der Waals surface area contributed by atoms with Crippen molar-refractivity contribution in [3.05, 3.63) is 0 Å². The highest BCUT2D eigenvalue weighted by atomic mass is 19.4. The van der Waals surface area contributed by atoms with Crippen molar-refractivity contribution in [1.82, 2.24) is 0 Å². The minimum atomic E-state index is -5.49. The van der Waals surface area contributed by atoms with Crippen LogP contribution in [0, 0.1) is 29.6 Å². The van der Waals surface area contributed by atoms with Crippen molar-refractivity contribution in [2.45, 2.75) is 68.9 Å². The van der Waals surface area contributed by atoms with Crippen molar-refractivity contribution in [2.24, 2.45) is 29.6 Å². The predicted octanol–water partition coefficient (Wildman–Crippen LogP) is 4.12. The molecule has 1 heterocycles. The van der Waals surface area contributed by atoms with Gasteiger partial charge in [-0.15, -0.1) is 0 Å². The Bertz CT molecular complexity index is 493. The smallest absolute Gasteiger partial charge is 0.354 e. The lowest BCUT2D eigenvalue weighted by molar-refractivity contribution is -0.408. The average molecular weight is 340 g/mol. The van der Waals surface area contributed by atoms with E-state index in [9.17, 15) is 27.1 Å². The van der Waals surface area contributed by atoms with E-state index in [1.165, 1.54) is 6.42 Å². The van der Waals surface area contributed by atoms with Crippen molar-refractivity contribution >= 4 is 0 Å². The van der Waals surface area contributed by atoms with E-state index in [1.807, 2.05) is 0 Å². The van der Waals surface area contributed by atoms with Crippen LogP contribution in [-0.2, 0) is 4.74 Å². The van der Waals surface area contributed by atoms with Crippen LogP contribution in [0.5, 0.6) is 0 Å². The lowest BCUT2D eigenvalue weighted by atomic mass is 9.66. The molecule has 0 amide bonds. The van der Waals surface area contributed by atoms with Gasteiger partial charge in [-0.1, -0.05) is 12.8 Å². The third-order valence-electron chi connectivity index (χ3n) is 6.87. The van der Waals surface area contributed by atoms with E-state index in [0.717, 1.165) is 25.7 Å². The SMILES string of the molecule is OC1(C(F)(F)F)OC(C2CC3CC2C2CCCCC32)CC1(F)F. The van der Waals surface area contributed by atoms with Crippen LogP contribution in [0.15, 0.2) is 0 Å². The van der Waals surface area contributed by atoms with Crippen LogP contribution in [0.25, 0.3) is 0 Å². The number of ether oxygens (including phenoxy) is 1. The first kappa shape index (κ1) is 16.1. The Hall–Kier alpha value is -0.430. The van der Waals surface area contributed by atoms with Gasteiger partial charge in [-0.05, 0) is 55.3 Å². The number of aliphatic hydroxyl groups is 1. The summed E-state index contributed by atoms with van der Waals surface area (Å²) in [6.07, 6.45) is -1.61. The van der Waals surface area contributed by atoms with Crippen molar-refractivity contribution in [3.8, 4) is 0 Å². The van der Waals surface area contributed by atoms with Crippen LogP contribution in [0.4, 0.5) is 22.0 Å². The highest BCUT2D eigenvalue weighted by molar-refractivity contribution is 5.08. The molecular weight excluding hydrogens is 319 g/mol. The molecule has 0 aromatic carbocycles. The van der Waals surface area contributed by atoms with Gasteiger partial charge in [0.25, 0.3) is 0 Å². The number of hydrogen-bond donors (Lipinski definition) is 1. The molecule has 4 fully saturated rings. The maximum absolute atomic E-state index is 13.9. The molecule has 1 aliphatic heterocycles. The monoisotopic (exact) mass is 340 g/mol. The zero-order valence-corrected chi connectivity index (χ0v) is 12.7. The standard InChI is InChI=1S/C16H21F5O2/c17-14(18)7-13(23-15(14,22)16(19,20)21)12-6-8-5-11(12)10-4-2-1-3-9(8)10/h8-13,22H,1-7H2. The second kappa shape index (κ2) is 4.81. The van der Waals surface area contributed by atoms with Crippen molar-refractivity contribution < 1.29 is 31.8 Å². The Morgan fingerprint density at radius 1 is 0.913 bits per heavy atom. The fourth-order valence-electron chi connectivity index (χ4n) is 5.97. The van der Waals surface area contributed by atoms with Crippen LogP contribution in [0.1, 0.15) is 44.9 Å². The Morgan fingerprint density at radius 2 is 1.52 bits per heavy atom. The van der Waals surface area contributed by atoms with E-state index in [0.29, 0.717) is 24.2 Å². The fourth-order valence-corrected chi connectivity index (χ4v) is 5.97. The third-order valence-corrected chi connectivity index (χ3v) is 6.87. The molecule has 0 aromatic rings. The highest BCUT2D eigenvalue weighted by Gasteiger charge is 2.76. The van der Waals surface area contributed by atoms with Gasteiger partial charge in [0.1, 0.15) is 0 Å². The van der Waals surface area contributed by atoms with Gasteiger partial charge in [0.15, 0.2) is 0 Å². The summed E-state index contributed by atoms with van der Waals surface area (Å²) in [6.45, 7) is 0. The van der Waals surface area contributed by atoms with E-state index in [4.69, 9.17) is 0 Å². The normalized spacial score (nSPS) is 51.9. The van der Waals surface area contributed by atoms with Crippen LogP contribution < -0.4 is 0 Å². The van der Waals surface area contributed by atoms with Gasteiger partial charge in [-0.3, -0.25) is 0 Å². The molecule has 4 rings (SSSR count). The molecule has 4 aliphatic rings. The maximum atomic E-state index is 13.9. The summed E-state index contributed by atoms with van der Waals surface area (Å²) in [5.41, 5.74) is 0. The largest absolute Gasteiger partial charge is 0.449 e. The van der Waals surface area contributed by atoms with Crippen LogP contribution in [0.3, 0.4) is 0 Å². The molecule has 1 N–H and O–H groups in total. The number of hydrogen-bond acceptors (Lipinski definition) is 2. The zero-order valence-electron chi connectivity index (χ0n) is 12.7. The summed E-state index contributed by atoms with van der Waals surface area (Å²) in [6, 6.07) is 0. The number of fused-ring (bicyclic) bond motifs is 5. The van der Waals surface area contributed by atoms with Gasteiger partial charge >= 0.3 is 17.9 Å². The molecule has 3 aliphatic carbocycles. The molecule has 0 radical (unpaired) electrons. The van der Waals surface area contributed by atoms with E-state index >= 15 is 0 Å². The number of rotatable bonds is 1. The van der Waals surface area contributed by atoms with E-state index in [1.54, 1.807) is 0 Å². The van der Waals surface area contributed by atoms with Crippen LogP contribution >= 0.6 is 0 Å². The van der Waals surface area contributed by atoms with Gasteiger partial charge in [0, 0.05) is 6.42 Å². The lowest BCUT2D eigenvalue weighted by Gasteiger charge is -2.40. The molecule has 7 atom stereocenters. The van der Waals surface area contributed by atoms with Gasteiger partial charge in [0.05, 0.1) is 6.10 Å². The summed E-state index contributed by atoms with van der Waals surface area (Å²) in [5, 5.41) is 9.49. The number of alkyl halides is 5. The predicted molar refractivity (Wildman–Crippen MR) is 70.6 cm³/mol. The van der Waals surface area contributed by atoms with E-state index in [-0.39, 0.29) is 11.8 Å². The van der Waals surface area contributed by atoms with E-state index < -0.39 is 30.4 Å². The molecule has 3 saturated carbocycles. The van der Waals surface area contributed by atoms with Gasteiger partial charge < -0.3 is 9.84 Å². The Kier molecular flexibility index (Phi) is 3.36. The van der Waals surface area contributed by atoms with Gasteiger partial charge in [-0.25, -0.2) is 8.78 Å². The quantitative estimate of drug-likeness (QED) is 0.728. The van der Waals surface area contributed by atoms with Gasteiger partial charge in [0.2, 0.25) is 0 Å². The Balaban J connectivity index is 1.55. The summed E-state index contributed by atoms with van der Waals surface area (Å²) in [7, 11) is 0. The second-order valence-corrected chi connectivity index (χ2v) is 7.88. The Labute approximate surface area is 131 Å². The maximum Gasteiger partial charge on any atom is 0.449 e. The number of halogens is 5. The van der Waals surface area contributed by atoms with Crippen LogP contribution in [-0.4, -0.2) is 29.1 Å². The topological polar surface area (TPSA) is 29.5 Å². The molecule has 2 bridgehead atoms. The minimum Gasteiger partial charge on any atom is -0.354 e. The molecule has 7 unspecified atom stereocenters. The van der Waals surface area contributed by atoms with Crippen LogP contribution in [0.2, 0.25) is 0 Å². The van der Waals surface area contributed by atoms with Gasteiger partial charge in [-0.2, -0.15) is 13.2 Å². The summed E-state index contributed by atoms with van der Waals surface area (Å²) >= 11 is 0. The Morgan fingerprint density at radius 3 is 2.13 bits per heavy atom. The fraction of sp³-hybridized carbons (Fsp3) is 1.00. The molecule has 23 heavy (non-hydrogen) atoms. The average Bonchev–Trinajstić information content (AvgIpc) is 3.10. The molecule has 7 heteroatoms. The summed E-state index contributed by atoms with van der Waals surface area (Å²) in [4.78, 5) is 0. The minimum absolute atomic E-state index is 0.182. The second-order valence-electron chi connectivity index (χ2n) is 7.88. The van der Waals surface area contributed by atoms with Crippen molar-refractivity contribution in [3.63, 3.8) is 0 Å². The summed E-state index contributed by atoms with van der Waals surface area (Å²) < 4.78 is 71.1. The highest BCUT2D eigenvalue weighted by Crippen LogP contribution is 2.63. The molecule has 2 nitrogen and oxygen atoms in total. The third kappa shape index (κ3) is 2.11. The molecule has 1 saturated heterocycles. The first-order valence-corrected chi connectivity index (χ1v) is 8.49. The lowest BCUT2D eigenvalue weighted by Crippen LogP contribution is -2.56. The first-order valence-electron chi connectivity index (χ1n) is 8.49. The zero-order chi connectivity index (χ0) is 16.6. The first-order chi connectivity index (χ1) is 10.6. The van der Waals surface area contributed by atoms with E-state index in [2.05, 4.69) is 4.74 Å². The van der Waals surface area contributed by atoms with Crippen molar-refractivity contribution in [2.75, 3.05) is 0 Å². The molecule has 132 valence electrons. The molecule has 0 aromatic heterocycles. The summed E-state index contributed by atoms with van der Waals surface area (Å²) in [5.74, 6) is -7.21.